The summed E-state index contributed by atoms with van der Waals surface area (Å²) in [6.07, 6.45) is -0.148. The third-order valence-corrected chi connectivity index (χ3v) is 3.04. The van der Waals surface area contributed by atoms with Crippen LogP contribution in [-0.4, -0.2) is 22.2 Å². The van der Waals surface area contributed by atoms with Crippen LogP contribution in [0.15, 0.2) is 24.3 Å². The number of halogens is 1. The van der Waals surface area contributed by atoms with Gasteiger partial charge in [0.05, 0.1) is 5.41 Å². The molecular formula is C12H13ClO4. The maximum Gasteiger partial charge on any atom is 0.313 e. The quantitative estimate of drug-likeness (QED) is 0.849. The van der Waals surface area contributed by atoms with E-state index in [1.807, 2.05) is 0 Å². The van der Waals surface area contributed by atoms with Crippen LogP contribution < -0.4 is 0 Å². The van der Waals surface area contributed by atoms with Gasteiger partial charge in [-0.15, -0.1) is 0 Å². The lowest BCUT2D eigenvalue weighted by atomic mass is 9.78. The van der Waals surface area contributed by atoms with Crippen LogP contribution in [0, 0.1) is 0 Å². The van der Waals surface area contributed by atoms with Crippen LogP contribution in [0.1, 0.15) is 25.3 Å². The van der Waals surface area contributed by atoms with E-state index in [9.17, 15) is 14.7 Å². The van der Waals surface area contributed by atoms with E-state index in [0.717, 1.165) is 0 Å². The molecule has 1 aromatic rings. The molecule has 0 fully saturated rings. The molecule has 92 valence electrons. The lowest BCUT2D eigenvalue weighted by Crippen LogP contribution is -2.33. The van der Waals surface area contributed by atoms with E-state index >= 15 is 0 Å². The van der Waals surface area contributed by atoms with Crippen molar-refractivity contribution in [3.8, 4) is 0 Å². The van der Waals surface area contributed by atoms with Gasteiger partial charge in [0.2, 0.25) is 0 Å². The van der Waals surface area contributed by atoms with E-state index in [1.54, 1.807) is 24.3 Å². The van der Waals surface area contributed by atoms with Crippen molar-refractivity contribution in [1.29, 1.82) is 0 Å². The van der Waals surface area contributed by atoms with Gasteiger partial charge in [-0.2, -0.15) is 0 Å². The number of aliphatic carboxylic acids is 2. The summed E-state index contributed by atoms with van der Waals surface area (Å²) < 4.78 is 0. The molecule has 1 rings (SSSR count). The van der Waals surface area contributed by atoms with Gasteiger partial charge in [-0.1, -0.05) is 23.7 Å². The summed E-state index contributed by atoms with van der Waals surface area (Å²) in [6, 6.07) is 6.41. The lowest BCUT2D eigenvalue weighted by Gasteiger charge is -2.24. The molecule has 0 amide bonds. The Bertz CT molecular complexity index is 427. The first-order valence-electron chi connectivity index (χ1n) is 5.07. The Balaban J connectivity index is 3.02. The van der Waals surface area contributed by atoms with Crippen molar-refractivity contribution >= 4 is 23.5 Å². The predicted octanol–water partition coefficient (Wildman–Crippen LogP) is 2.55. The first-order valence-corrected chi connectivity index (χ1v) is 5.45. The average Bonchev–Trinajstić information content (AvgIpc) is 2.26. The minimum absolute atomic E-state index is 0.0410. The summed E-state index contributed by atoms with van der Waals surface area (Å²) in [5.41, 5.74) is -0.654. The molecule has 0 heterocycles. The van der Waals surface area contributed by atoms with Crippen LogP contribution in [0.5, 0.6) is 0 Å². The van der Waals surface area contributed by atoms with E-state index in [0.29, 0.717) is 10.6 Å². The summed E-state index contributed by atoms with van der Waals surface area (Å²) in [5.74, 6) is -2.05. The topological polar surface area (TPSA) is 74.6 Å². The molecule has 1 unspecified atom stereocenters. The highest BCUT2D eigenvalue weighted by Gasteiger charge is 2.35. The molecule has 0 aliphatic heterocycles. The first-order chi connectivity index (χ1) is 7.86. The second-order valence-corrected chi connectivity index (χ2v) is 4.47. The normalized spacial score (nSPS) is 14.0. The number of hydrogen-bond acceptors (Lipinski definition) is 2. The molecule has 0 bridgehead atoms. The molecule has 0 saturated heterocycles. The zero-order chi connectivity index (χ0) is 13.1. The maximum atomic E-state index is 11.3. The van der Waals surface area contributed by atoms with E-state index in [-0.39, 0.29) is 12.8 Å². The molecule has 0 saturated carbocycles. The fourth-order valence-corrected chi connectivity index (χ4v) is 1.68. The van der Waals surface area contributed by atoms with Gasteiger partial charge in [0.15, 0.2) is 0 Å². The molecule has 2 N–H and O–H groups in total. The highest BCUT2D eigenvalue weighted by molar-refractivity contribution is 6.30. The average molecular weight is 257 g/mol. The lowest BCUT2D eigenvalue weighted by molar-refractivity contribution is -0.144. The van der Waals surface area contributed by atoms with Crippen LogP contribution in [0.25, 0.3) is 0 Å². The van der Waals surface area contributed by atoms with Crippen LogP contribution in [-0.2, 0) is 15.0 Å². The van der Waals surface area contributed by atoms with Gasteiger partial charge in [-0.3, -0.25) is 9.59 Å². The van der Waals surface area contributed by atoms with Gasteiger partial charge in [-0.25, -0.2) is 0 Å². The minimum Gasteiger partial charge on any atom is -0.481 e. The zero-order valence-corrected chi connectivity index (χ0v) is 10.1. The zero-order valence-electron chi connectivity index (χ0n) is 9.31. The van der Waals surface area contributed by atoms with Crippen LogP contribution in [0.4, 0.5) is 0 Å². The fraction of sp³-hybridized carbons (Fsp3) is 0.333. The minimum atomic E-state index is -1.21. The monoisotopic (exact) mass is 256 g/mol. The number of rotatable bonds is 5. The van der Waals surface area contributed by atoms with Crippen molar-refractivity contribution in [2.24, 2.45) is 0 Å². The van der Waals surface area contributed by atoms with E-state index in [1.165, 1.54) is 6.92 Å². The van der Waals surface area contributed by atoms with Gasteiger partial charge in [-0.05, 0) is 31.0 Å². The Morgan fingerprint density at radius 2 is 1.76 bits per heavy atom. The predicted molar refractivity (Wildman–Crippen MR) is 63.3 cm³/mol. The second kappa shape index (κ2) is 5.19. The van der Waals surface area contributed by atoms with Crippen molar-refractivity contribution in [3.63, 3.8) is 0 Å². The van der Waals surface area contributed by atoms with Gasteiger partial charge in [0.1, 0.15) is 0 Å². The third-order valence-electron chi connectivity index (χ3n) is 2.79. The van der Waals surface area contributed by atoms with Crippen molar-refractivity contribution in [3.05, 3.63) is 34.9 Å². The first kappa shape index (κ1) is 13.5. The summed E-state index contributed by atoms with van der Waals surface area (Å²) in [6.45, 7) is 1.52. The third kappa shape index (κ3) is 3.20. The number of benzene rings is 1. The molecular weight excluding hydrogens is 244 g/mol. The molecule has 0 aliphatic carbocycles. The van der Waals surface area contributed by atoms with Crippen molar-refractivity contribution in [2.75, 3.05) is 0 Å². The van der Waals surface area contributed by atoms with Gasteiger partial charge >= 0.3 is 11.9 Å². The molecule has 1 atom stereocenters. The van der Waals surface area contributed by atoms with Crippen molar-refractivity contribution < 1.29 is 19.8 Å². The van der Waals surface area contributed by atoms with Crippen LogP contribution in [0.2, 0.25) is 5.02 Å². The van der Waals surface area contributed by atoms with Crippen molar-refractivity contribution in [2.45, 2.75) is 25.2 Å². The smallest absolute Gasteiger partial charge is 0.313 e. The number of carbonyl (C=O) groups is 2. The fourth-order valence-electron chi connectivity index (χ4n) is 1.55. The summed E-state index contributed by atoms with van der Waals surface area (Å²) in [5, 5.41) is 18.4. The highest BCUT2D eigenvalue weighted by atomic mass is 35.5. The molecule has 0 spiro atoms. The van der Waals surface area contributed by atoms with Gasteiger partial charge in [0.25, 0.3) is 0 Å². The molecule has 4 nitrogen and oxygen atoms in total. The highest BCUT2D eigenvalue weighted by Crippen LogP contribution is 2.30. The van der Waals surface area contributed by atoms with Crippen LogP contribution >= 0.6 is 11.6 Å². The Hall–Kier alpha value is -1.55. The molecule has 1 aromatic carbocycles. The van der Waals surface area contributed by atoms with Crippen LogP contribution in [0.3, 0.4) is 0 Å². The number of carboxylic acids is 2. The molecule has 0 aliphatic rings. The summed E-state index contributed by atoms with van der Waals surface area (Å²) in [7, 11) is 0. The molecule has 17 heavy (non-hydrogen) atoms. The van der Waals surface area contributed by atoms with Gasteiger partial charge in [0, 0.05) is 11.4 Å². The number of carboxylic acid groups (broad SMARTS) is 2. The number of hydrogen-bond donors (Lipinski definition) is 2. The standard InChI is InChI=1S/C12H13ClO4/c1-12(11(16)17,7-6-10(14)15)8-2-4-9(13)5-3-8/h2-5H,6-7H2,1H3,(H,14,15)(H,16,17). The Labute approximate surface area is 104 Å². The molecule has 5 heteroatoms. The Morgan fingerprint density at radius 1 is 1.24 bits per heavy atom. The van der Waals surface area contributed by atoms with E-state index in [2.05, 4.69) is 0 Å². The van der Waals surface area contributed by atoms with Gasteiger partial charge < -0.3 is 10.2 Å². The summed E-state index contributed by atoms with van der Waals surface area (Å²) in [4.78, 5) is 21.8. The maximum absolute atomic E-state index is 11.3. The molecule has 0 radical (unpaired) electrons. The largest absolute Gasteiger partial charge is 0.481 e. The van der Waals surface area contributed by atoms with E-state index in [4.69, 9.17) is 16.7 Å². The van der Waals surface area contributed by atoms with Crippen molar-refractivity contribution in [1.82, 2.24) is 0 Å². The molecule has 0 aromatic heterocycles. The Kier molecular flexibility index (Phi) is 4.12. The summed E-state index contributed by atoms with van der Waals surface area (Å²) >= 11 is 5.73. The second-order valence-electron chi connectivity index (χ2n) is 4.04. The van der Waals surface area contributed by atoms with E-state index < -0.39 is 17.4 Å². The SMILES string of the molecule is CC(CCC(=O)O)(C(=O)O)c1ccc(Cl)cc1. The Morgan fingerprint density at radius 3 is 2.18 bits per heavy atom.